The van der Waals surface area contributed by atoms with E-state index in [2.05, 4.69) is 9.88 Å². The van der Waals surface area contributed by atoms with E-state index in [1.165, 1.54) is 11.3 Å². The Balaban J connectivity index is 2.42. The molecule has 0 aliphatic rings. The van der Waals surface area contributed by atoms with E-state index >= 15 is 0 Å². The van der Waals surface area contributed by atoms with Crippen molar-refractivity contribution in [3.63, 3.8) is 0 Å². The number of aromatic carboxylic acids is 1. The minimum atomic E-state index is -0.974. The number of carbonyl (C=O) groups is 1. The van der Waals surface area contributed by atoms with E-state index in [-0.39, 0.29) is 5.69 Å². The van der Waals surface area contributed by atoms with Gasteiger partial charge in [-0.3, -0.25) is 4.90 Å². The van der Waals surface area contributed by atoms with E-state index in [0.29, 0.717) is 13.2 Å². The Morgan fingerprint density at radius 1 is 1.32 bits per heavy atom. The van der Waals surface area contributed by atoms with Crippen molar-refractivity contribution in [3.05, 3.63) is 16.1 Å². The predicted octanol–water partition coefficient (Wildman–Crippen LogP) is 0.979. The summed E-state index contributed by atoms with van der Waals surface area (Å²) in [4.78, 5) is 17.0. The molecule has 1 heterocycles. The van der Waals surface area contributed by atoms with Crippen LogP contribution in [0.5, 0.6) is 0 Å². The van der Waals surface area contributed by atoms with Crippen molar-refractivity contribution in [2.75, 3.05) is 47.1 Å². The lowest BCUT2D eigenvalue weighted by molar-refractivity contribution is 0.0691. The number of hydrogen-bond donors (Lipinski definition) is 1. The van der Waals surface area contributed by atoms with Gasteiger partial charge in [-0.05, 0) is 0 Å². The summed E-state index contributed by atoms with van der Waals surface area (Å²) in [6, 6.07) is 0. The molecule has 1 aromatic heterocycles. The van der Waals surface area contributed by atoms with Crippen LogP contribution in [-0.4, -0.2) is 68.0 Å². The third kappa shape index (κ3) is 6.11. The molecule has 0 aromatic carbocycles. The average Bonchev–Trinajstić information content (AvgIpc) is 2.87. The molecule has 1 N–H and O–H groups in total. The summed E-state index contributed by atoms with van der Waals surface area (Å²) in [7, 11) is 3.35. The smallest absolute Gasteiger partial charge is 0.355 e. The number of methoxy groups -OCH3 is 2. The van der Waals surface area contributed by atoms with Crippen molar-refractivity contribution < 1.29 is 19.4 Å². The van der Waals surface area contributed by atoms with Gasteiger partial charge >= 0.3 is 5.97 Å². The van der Waals surface area contributed by atoms with Crippen LogP contribution in [-0.2, 0) is 15.9 Å². The summed E-state index contributed by atoms with van der Waals surface area (Å²) >= 11 is 1.39. The van der Waals surface area contributed by atoms with E-state index in [1.54, 1.807) is 19.6 Å². The predicted molar refractivity (Wildman–Crippen MR) is 73.0 cm³/mol. The molecule has 19 heavy (non-hydrogen) atoms. The molecule has 0 fully saturated rings. The molecule has 0 atom stereocenters. The van der Waals surface area contributed by atoms with Gasteiger partial charge in [-0.2, -0.15) is 0 Å². The molecule has 0 aliphatic heterocycles. The number of aromatic nitrogens is 1. The van der Waals surface area contributed by atoms with Crippen LogP contribution in [0, 0.1) is 0 Å². The minimum absolute atomic E-state index is 0.125. The standard InChI is InChI=1S/C12H20N2O4S/c1-17-7-5-14(6-8-18-2)4-3-11-13-10(9-19-11)12(15)16/h9H,3-8H2,1-2H3,(H,15,16). The van der Waals surface area contributed by atoms with E-state index < -0.39 is 5.97 Å². The summed E-state index contributed by atoms with van der Waals surface area (Å²) in [5.41, 5.74) is 0.125. The second kappa shape index (κ2) is 8.98. The van der Waals surface area contributed by atoms with Crippen LogP contribution in [0.25, 0.3) is 0 Å². The Labute approximate surface area is 117 Å². The first-order valence-electron chi connectivity index (χ1n) is 6.05. The maximum atomic E-state index is 10.7. The van der Waals surface area contributed by atoms with Gasteiger partial charge in [0.15, 0.2) is 5.69 Å². The second-order valence-electron chi connectivity index (χ2n) is 4.01. The van der Waals surface area contributed by atoms with Crippen LogP contribution in [0.4, 0.5) is 0 Å². The Morgan fingerprint density at radius 2 is 1.95 bits per heavy atom. The summed E-state index contributed by atoms with van der Waals surface area (Å²) in [6.45, 7) is 3.82. The molecule has 0 saturated carbocycles. The lowest BCUT2D eigenvalue weighted by Gasteiger charge is -2.20. The van der Waals surface area contributed by atoms with Gasteiger partial charge in [0, 0.05) is 45.7 Å². The highest BCUT2D eigenvalue weighted by Crippen LogP contribution is 2.11. The van der Waals surface area contributed by atoms with Crippen LogP contribution >= 0.6 is 11.3 Å². The van der Waals surface area contributed by atoms with Crippen LogP contribution in [0.15, 0.2) is 5.38 Å². The molecule has 6 nitrogen and oxygen atoms in total. The van der Waals surface area contributed by atoms with Crippen molar-refractivity contribution >= 4 is 17.3 Å². The fourth-order valence-electron chi connectivity index (χ4n) is 1.55. The Hall–Kier alpha value is -1.02. The van der Waals surface area contributed by atoms with Crippen molar-refractivity contribution in [1.29, 1.82) is 0 Å². The van der Waals surface area contributed by atoms with Gasteiger partial charge in [0.05, 0.1) is 18.2 Å². The molecule has 108 valence electrons. The minimum Gasteiger partial charge on any atom is -0.476 e. The number of hydrogen-bond acceptors (Lipinski definition) is 6. The molecule has 0 amide bonds. The van der Waals surface area contributed by atoms with Gasteiger partial charge in [0.25, 0.3) is 0 Å². The number of carboxylic acid groups (broad SMARTS) is 1. The fourth-order valence-corrected chi connectivity index (χ4v) is 2.32. The first-order valence-corrected chi connectivity index (χ1v) is 6.93. The van der Waals surface area contributed by atoms with Crippen LogP contribution < -0.4 is 0 Å². The molecule has 0 unspecified atom stereocenters. The molecular weight excluding hydrogens is 268 g/mol. The molecule has 0 radical (unpaired) electrons. The Kier molecular flexibility index (Phi) is 7.57. The van der Waals surface area contributed by atoms with Gasteiger partial charge in [0.1, 0.15) is 0 Å². The maximum absolute atomic E-state index is 10.7. The molecule has 0 saturated heterocycles. The SMILES string of the molecule is COCCN(CCOC)CCc1nc(C(=O)O)cs1. The first kappa shape index (κ1) is 16.0. The normalized spacial score (nSPS) is 11.1. The topological polar surface area (TPSA) is 71.9 Å². The summed E-state index contributed by atoms with van der Waals surface area (Å²) in [5, 5.41) is 11.2. The molecule has 1 aromatic rings. The van der Waals surface area contributed by atoms with Crippen LogP contribution in [0.3, 0.4) is 0 Å². The van der Waals surface area contributed by atoms with Gasteiger partial charge < -0.3 is 14.6 Å². The quantitative estimate of drug-likeness (QED) is 0.692. The van der Waals surface area contributed by atoms with Crippen molar-refractivity contribution in [3.8, 4) is 0 Å². The van der Waals surface area contributed by atoms with Crippen molar-refractivity contribution in [2.24, 2.45) is 0 Å². The zero-order valence-corrected chi connectivity index (χ0v) is 12.1. The number of thiazole rings is 1. The van der Waals surface area contributed by atoms with Crippen LogP contribution in [0.2, 0.25) is 0 Å². The number of ether oxygens (including phenoxy) is 2. The van der Waals surface area contributed by atoms with E-state index in [1.807, 2.05) is 0 Å². The summed E-state index contributed by atoms with van der Waals surface area (Å²) < 4.78 is 10.1. The monoisotopic (exact) mass is 288 g/mol. The lowest BCUT2D eigenvalue weighted by atomic mass is 10.3. The van der Waals surface area contributed by atoms with Gasteiger partial charge in [-0.1, -0.05) is 0 Å². The molecule has 1 rings (SSSR count). The van der Waals surface area contributed by atoms with Crippen molar-refractivity contribution in [2.45, 2.75) is 6.42 Å². The van der Waals surface area contributed by atoms with E-state index in [4.69, 9.17) is 14.6 Å². The molecular formula is C12H20N2O4S. The lowest BCUT2D eigenvalue weighted by Crippen LogP contribution is -2.32. The highest BCUT2D eigenvalue weighted by Gasteiger charge is 2.10. The van der Waals surface area contributed by atoms with Gasteiger partial charge in [0.2, 0.25) is 0 Å². The summed E-state index contributed by atoms with van der Waals surface area (Å²) in [6.07, 6.45) is 0.741. The van der Waals surface area contributed by atoms with Crippen molar-refractivity contribution in [1.82, 2.24) is 9.88 Å². The highest BCUT2D eigenvalue weighted by molar-refractivity contribution is 7.09. The average molecular weight is 288 g/mol. The number of rotatable bonds is 10. The van der Waals surface area contributed by atoms with Gasteiger partial charge in [-0.25, -0.2) is 9.78 Å². The third-order valence-electron chi connectivity index (χ3n) is 2.64. The largest absolute Gasteiger partial charge is 0.476 e. The van der Waals surface area contributed by atoms with Gasteiger partial charge in [-0.15, -0.1) is 11.3 Å². The van der Waals surface area contributed by atoms with E-state index in [9.17, 15) is 4.79 Å². The zero-order valence-electron chi connectivity index (χ0n) is 11.3. The number of carboxylic acids is 1. The fraction of sp³-hybridized carbons (Fsp3) is 0.667. The number of nitrogens with zero attached hydrogens (tertiary/aromatic N) is 2. The first-order chi connectivity index (χ1) is 9.17. The molecule has 0 aliphatic carbocycles. The Bertz CT molecular complexity index is 376. The summed E-state index contributed by atoms with van der Waals surface area (Å²) in [5.74, 6) is -0.974. The molecule has 0 bridgehead atoms. The third-order valence-corrected chi connectivity index (χ3v) is 3.54. The molecule has 0 spiro atoms. The molecule has 7 heteroatoms. The van der Waals surface area contributed by atoms with Crippen LogP contribution in [0.1, 0.15) is 15.5 Å². The second-order valence-corrected chi connectivity index (χ2v) is 4.95. The maximum Gasteiger partial charge on any atom is 0.355 e. The Morgan fingerprint density at radius 3 is 2.42 bits per heavy atom. The highest BCUT2D eigenvalue weighted by atomic mass is 32.1. The zero-order chi connectivity index (χ0) is 14.1. The van der Waals surface area contributed by atoms with E-state index in [0.717, 1.165) is 31.1 Å².